The van der Waals surface area contributed by atoms with Crippen LogP contribution in [0, 0.1) is 0 Å². The molecular weight excluding hydrogens is 198 g/mol. The van der Waals surface area contributed by atoms with Crippen molar-refractivity contribution in [3.63, 3.8) is 0 Å². The zero-order chi connectivity index (χ0) is 11.8. The smallest absolute Gasteiger partial charge is 0.128 e. The zero-order valence-corrected chi connectivity index (χ0v) is 10.7. The Hall–Kier alpha value is -1.25. The van der Waals surface area contributed by atoms with Crippen molar-refractivity contribution < 1.29 is 0 Å². The second kappa shape index (κ2) is 7.09. The molecule has 0 amide bonds. The third kappa shape index (κ3) is 4.51. The van der Waals surface area contributed by atoms with Crippen LogP contribution in [0.4, 0.5) is 11.5 Å². The van der Waals surface area contributed by atoms with Crippen LogP contribution >= 0.6 is 0 Å². The Morgan fingerprint density at radius 3 is 2.56 bits per heavy atom. The maximum absolute atomic E-state index is 4.36. The van der Waals surface area contributed by atoms with E-state index in [2.05, 4.69) is 23.3 Å². The molecule has 3 heteroatoms. The molecule has 90 valence electrons. The second-order valence-electron chi connectivity index (χ2n) is 4.29. The molecule has 3 nitrogen and oxygen atoms in total. The van der Waals surface area contributed by atoms with Crippen molar-refractivity contribution in [2.75, 3.05) is 30.9 Å². The molecule has 0 unspecified atom stereocenters. The molecule has 1 heterocycles. The molecule has 1 rings (SSSR count). The minimum absolute atomic E-state index is 0.997. The lowest BCUT2D eigenvalue weighted by Gasteiger charge is -2.12. The molecule has 0 bridgehead atoms. The van der Waals surface area contributed by atoms with Gasteiger partial charge >= 0.3 is 0 Å². The molecule has 0 spiro atoms. The van der Waals surface area contributed by atoms with Gasteiger partial charge in [-0.05, 0) is 18.6 Å². The second-order valence-corrected chi connectivity index (χ2v) is 4.29. The lowest BCUT2D eigenvalue weighted by Crippen LogP contribution is -2.10. The first-order chi connectivity index (χ1) is 7.74. The van der Waals surface area contributed by atoms with Crippen LogP contribution in [0.2, 0.25) is 0 Å². The van der Waals surface area contributed by atoms with Crippen LogP contribution in [0.5, 0.6) is 0 Å². The lowest BCUT2D eigenvalue weighted by molar-refractivity contribution is 0.685. The average Bonchev–Trinajstić information content (AvgIpc) is 2.29. The van der Waals surface area contributed by atoms with Crippen LogP contribution in [0.15, 0.2) is 18.3 Å². The summed E-state index contributed by atoms with van der Waals surface area (Å²) in [6.07, 6.45) is 7.07. The van der Waals surface area contributed by atoms with E-state index in [0.717, 1.165) is 18.1 Å². The monoisotopic (exact) mass is 221 g/mol. The summed E-state index contributed by atoms with van der Waals surface area (Å²) >= 11 is 0. The van der Waals surface area contributed by atoms with Crippen LogP contribution < -0.4 is 10.2 Å². The van der Waals surface area contributed by atoms with E-state index in [0.29, 0.717) is 0 Å². The fourth-order valence-electron chi connectivity index (χ4n) is 1.54. The van der Waals surface area contributed by atoms with Crippen LogP contribution in [0.25, 0.3) is 0 Å². The third-order valence-electron chi connectivity index (χ3n) is 2.57. The van der Waals surface area contributed by atoms with Crippen molar-refractivity contribution in [2.24, 2.45) is 0 Å². The molecule has 0 aliphatic rings. The van der Waals surface area contributed by atoms with E-state index in [1.54, 1.807) is 0 Å². The molecule has 0 saturated carbocycles. The van der Waals surface area contributed by atoms with Gasteiger partial charge < -0.3 is 10.2 Å². The molecule has 0 aliphatic carbocycles. The summed E-state index contributed by atoms with van der Waals surface area (Å²) in [6.45, 7) is 3.28. The van der Waals surface area contributed by atoms with E-state index in [4.69, 9.17) is 0 Å². The molecule has 1 N–H and O–H groups in total. The number of hydrogen-bond acceptors (Lipinski definition) is 3. The highest BCUT2D eigenvalue weighted by molar-refractivity contribution is 5.47. The van der Waals surface area contributed by atoms with Gasteiger partial charge in [0.25, 0.3) is 0 Å². The Bertz CT molecular complexity index is 280. The predicted octanol–water partition coefficient (Wildman–Crippen LogP) is 3.14. The number of unbranched alkanes of at least 4 members (excludes halogenated alkanes) is 3. The van der Waals surface area contributed by atoms with Crippen molar-refractivity contribution >= 4 is 11.5 Å². The Balaban J connectivity index is 2.27. The molecule has 16 heavy (non-hydrogen) atoms. The summed E-state index contributed by atoms with van der Waals surface area (Å²) in [5, 5.41) is 3.39. The maximum Gasteiger partial charge on any atom is 0.128 e. The van der Waals surface area contributed by atoms with Crippen molar-refractivity contribution in [1.82, 2.24) is 4.98 Å². The highest BCUT2D eigenvalue weighted by Gasteiger charge is 1.96. The van der Waals surface area contributed by atoms with Crippen LogP contribution in [-0.2, 0) is 0 Å². The van der Waals surface area contributed by atoms with E-state index >= 15 is 0 Å². The maximum atomic E-state index is 4.36. The molecule has 0 aromatic carbocycles. The molecule has 0 atom stereocenters. The number of hydrogen-bond donors (Lipinski definition) is 1. The first-order valence-electron chi connectivity index (χ1n) is 6.11. The predicted molar refractivity (Wildman–Crippen MR) is 71.2 cm³/mol. The topological polar surface area (TPSA) is 28.2 Å². The summed E-state index contributed by atoms with van der Waals surface area (Å²) in [5.41, 5.74) is 1.11. The number of rotatable bonds is 7. The Morgan fingerprint density at radius 1 is 1.19 bits per heavy atom. The molecule has 0 radical (unpaired) electrons. The van der Waals surface area contributed by atoms with Crippen LogP contribution in [0.1, 0.15) is 32.6 Å². The quantitative estimate of drug-likeness (QED) is 0.717. The fraction of sp³-hybridized carbons (Fsp3) is 0.615. The van der Waals surface area contributed by atoms with Crippen molar-refractivity contribution in [1.29, 1.82) is 0 Å². The Labute approximate surface area is 98.9 Å². The standard InChI is InChI=1S/C13H23N3/c1-4-5-6-7-10-14-12-8-9-13(15-11-12)16(2)3/h8-9,11,14H,4-7,10H2,1-3H3. The van der Waals surface area contributed by atoms with Crippen molar-refractivity contribution in [3.8, 4) is 0 Å². The van der Waals surface area contributed by atoms with Crippen molar-refractivity contribution in [2.45, 2.75) is 32.6 Å². The van der Waals surface area contributed by atoms with Gasteiger partial charge in [-0.15, -0.1) is 0 Å². The van der Waals surface area contributed by atoms with Crippen LogP contribution in [0.3, 0.4) is 0 Å². The van der Waals surface area contributed by atoms with Gasteiger partial charge in [0.05, 0.1) is 11.9 Å². The summed E-state index contributed by atoms with van der Waals surface area (Å²) in [5.74, 6) is 0.997. The average molecular weight is 221 g/mol. The van der Waals surface area contributed by atoms with E-state index in [1.165, 1.54) is 25.7 Å². The van der Waals surface area contributed by atoms with Gasteiger partial charge in [-0.3, -0.25) is 0 Å². The highest BCUT2D eigenvalue weighted by Crippen LogP contribution is 2.11. The summed E-state index contributed by atoms with van der Waals surface area (Å²) in [7, 11) is 4.00. The zero-order valence-electron chi connectivity index (χ0n) is 10.7. The third-order valence-corrected chi connectivity index (χ3v) is 2.57. The SMILES string of the molecule is CCCCCCNc1ccc(N(C)C)nc1. The number of nitrogens with one attached hydrogen (secondary N) is 1. The minimum Gasteiger partial charge on any atom is -0.384 e. The van der Waals surface area contributed by atoms with E-state index in [1.807, 2.05) is 31.3 Å². The summed E-state index contributed by atoms with van der Waals surface area (Å²) in [4.78, 5) is 6.36. The molecule has 0 saturated heterocycles. The largest absolute Gasteiger partial charge is 0.384 e. The minimum atomic E-state index is 0.997. The Morgan fingerprint density at radius 2 is 2.00 bits per heavy atom. The van der Waals surface area contributed by atoms with Gasteiger partial charge in [0, 0.05) is 20.6 Å². The first-order valence-corrected chi connectivity index (χ1v) is 6.11. The number of pyridine rings is 1. The molecule has 0 fully saturated rings. The van der Waals surface area contributed by atoms with E-state index in [9.17, 15) is 0 Å². The molecule has 1 aromatic rings. The van der Waals surface area contributed by atoms with E-state index in [-0.39, 0.29) is 0 Å². The van der Waals surface area contributed by atoms with Crippen LogP contribution in [-0.4, -0.2) is 25.6 Å². The molecule has 1 aromatic heterocycles. The molecular formula is C13H23N3. The van der Waals surface area contributed by atoms with Gasteiger partial charge in [0.2, 0.25) is 0 Å². The van der Waals surface area contributed by atoms with Gasteiger partial charge in [-0.25, -0.2) is 4.98 Å². The number of nitrogens with zero attached hydrogens (tertiary/aromatic N) is 2. The number of anilines is 2. The Kier molecular flexibility index (Phi) is 5.68. The van der Waals surface area contributed by atoms with Gasteiger partial charge in [-0.2, -0.15) is 0 Å². The first kappa shape index (κ1) is 12.8. The van der Waals surface area contributed by atoms with Crippen molar-refractivity contribution in [3.05, 3.63) is 18.3 Å². The van der Waals surface area contributed by atoms with Gasteiger partial charge in [-0.1, -0.05) is 26.2 Å². The molecule has 0 aliphatic heterocycles. The fourth-order valence-corrected chi connectivity index (χ4v) is 1.54. The van der Waals surface area contributed by atoms with E-state index < -0.39 is 0 Å². The van der Waals surface area contributed by atoms with Gasteiger partial charge in [0.1, 0.15) is 5.82 Å². The lowest BCUT2D eigenvalue weighted by atomic mass is 10.2. The number of aromatic nitrogens is 1. The highest BCUT2D eigenvalue weighted by atomic mass is 15.1. The summed E-state index contributed by atoms with van der Waals surface area (Å²) in [6, 6.07) is 4.12. The normalized spacial score (nSPS) is 10.2. The van der Waals surface area contributed by atoms with Gasteiger partial charge in [0.15, 0.2) is 0 Å². The summed E-state index contributed by atoms with van der Waals surface area (Å²) < 4.78 is 0.